The van der Waals surface area contributed by atoms with Crippen molar-refractivity contribution in [2.24, 2.45) is 7.05 Å². The minimum atomic E-state index is -0.606. The van der Waals surface area contributed by atoms with E-state index in [1.165, 1.54) is 5.56 Å². The Morgan fingerprint density at radius 1 is 1.14 bits per heavy atom. The molecule has 6 heteroatoms. The zero-order valence-electron chi connectivity index (χ0n) is 15.9. The average molecular weight is 385 g/mol. The molecule has 4 aromatic rings. The molecule has 0 radical (unpaired) electrons. The smallest absolute Gasteiger partial charge is 0.349 e. The van der Waals surface area contributed by atoms with Crippen molar-refractivity contribution in [2.45, 2.75) is 12.5 Å². The van der Waals surface area contributed by atoms with Gasteiger partial charge in [0.05, 0.1) is 6.20 Å². The van der Waals surface area contributed by atoms with Gasteiger partial charge in [-0.2, -0.15) is 5.10 Å². The summed E-state index contributed by atoms with van der Waals surface area (Å²) < 4.78 is 7.13. The Morgan fingerprint density at radius 3 is 2.76 bits per heavy atom. The topological polar surface area (TPSA) is 68.3 Å². The van der Waals surface area contributed by atoms with Crippen molar-refractivity contribution in [1.82, 2.24) is 14.7 Å². The van der Waals surface area contributed by atoms with Gasteiger partial charge in [-0.05, 0) is 28.8 Å². The van der Waals surface area contributed by atoms with Gasteiger partial charge in [-0.1, -0.05) is 42.5 Å². The summed E-state index contributed by atoms with van der Waals surface area (Å²) >= 11 is 0. The quantitative estimate of drug-likeness (QED) is 0.497. The van der Waals surface area contributed by atoms with Gasteiger partial charge in [0.2, 0.25) is 0 Å². The monoisotopic (exact) mass is 385 g/mol. The van der Waals surface area contributed by atoms with Crippen LogP contribution in [0.5, 0.6) is 0 Å². The van der Waals surface area contributed by atoms with Gasteiger partial charge in [-0.25, -0.2) is 4.79 Å². The van der Waals surface area contributed by atoms with Crippen LogP contribution in [0.4, 0.5) is 0 Å². The van der Waals surface area contributed by atoms with Crippen LogP contribution in [0, 0.1) is 0 Å². The minimum Gasteiger partial charge on any atom is -0.422 e. The number of hydrogen-bond acceptors (Lipinski definition) is 4. The lowest BCUT2D eigenvalue weighted by Gasteiger charge is -2.34. The zero-order chi connectivity index (χ0) is 20.0. The number of hydrogen-bond donors (Lipinski definition) is 0. The Hall–Kier alpha value is -3.67. The number of para-hydroxylation sites is 1. The Morgan fingerprint density at radius 2 is 1.93 bits per heavy atom. The van der Waals surface area contributed by atoms with E-state index in [0.717, 1.165) is 16.5 Å². The summed E-state index contributed by atoms with van der Waals surface area (Å²) in [5, 5.41) is 5.02. The van der Waals surface area contributed by atoms with E-state index < -0.39 is 5.63 Å². The summed E-state index contributed by atoms with van der Waals surface area (Å²) in [5.41, 5.74) is 3.24. The van der Waals surface area contributed by atoms with Crippen molar-refractivity contribution in [2.75, 3.05) is 6.54 Å². The number of rotatable bonds is 2. The SMILES string of the molecule is Cn1cc([C@H]2CN(C(=O)c3cc4ccccc4oc3=O)Cc3ccccc32)cn1. The first kappa shape index (κ1) is 17.4. The van der Waals surface area contributed by atoms with E-state index >= 15 is 0 Å². The van der Waals surface area contributed by atoms with E-state index in [0.29, 0.717) is 18.7 Å². The van der Waals surface area contributed by atoms with E-state index in [9.17, 15) is 9.59 Å². The molecule has 0 saturated carbocycles. The Balaban J connectivity index is 1.56. The first-order chi connectivity index (χ1) is 14.1. The third kappa shape index (κ3) is 3.02. The maximum atomic E-state index is 13.3. The molecule has 0 spiro atoms. The number of nitrogens with zero attached hydrogens (tertiary/aromatic N) is 3. The van der Waals surface area contributed by atoms with Gasteiger partial charge >= 0.3 is 5.63 Å². The van der Waals surface area contributed by atoms with Crippen molar-refractivity contribution in [1.29, 1.82) is 0 Å². The van der Waals surface area contributed by atoms with Crippen molar-refractivity contribution >= 4 is 16.9 Å². The van der Waals surface area contributed by atoms with E-state index in [1.807, 2.05) is 49.8 Å². The first-order valence-electron chi connectivity index (χ1n) is 9.48. The summed E-state index contributed by atoms with van der Waals surface area (Å²) in [7, 11) is 1.88. The van der Waals surface area contributed by atoms with Crippen molar-refractivity contribution in [3.63, 3.8) is 0 Å². The molecule has 0 saturated heterocycles. The Bertz CT molecular complexity index is 1290. The van der Waals surface area contributed by atoms with Gasteiger partial charge in [0.15, 0.2) is 0 Å². The van der Waals surface area contributed by atoms with Crippen LogP contribution >= 0.6 is 0 Å². The molecule has 0 fully saturated rings. The van der Waals surface area contributed by atoms with Crippen LogP contribution in [0.3, 0.4) is 0 Å². The Labute approximate surface area is 167 Å². The highest BCUT2D eigenvalue weighted by Gasteiger charge is 2.31. The number of carbonyl (C=O) groups is 1. The van der Waals surface area contributed by atoms with Crippen LogP contribution in [0.25, 0.3) is 11.0 Å². The molecular weight excluding hydrogens is 366 g/mol. The third-order valence-corrected chi connectivity index (χ3v) is 5.48. The number of fused-ring (bicyclic) bond motifs is 2. The van der Waals surface area contributed by atoms with Gasteiger partial charge in [-0.15, -0.1) is 0 Å². The summed E-state index contributed by atoms with van der Waals surface area (Å²) in [6, 6.07) is 16.9. The molecule has 0 bridgehead atoms. The van der Waals surface area contributed by atoms with Gasteiger partial charge in [0, 0.05) is 37.6 Å². The fourth-order valence-corrected chi connectivity index (χ4v) is 4.05. The van der Waals surface area contributed by atoms with E-state index in [-0.39, 0.29) is 17.4 Å². The molecule has 3 heterocycles. The molecule has 0 N–H and O–H groups in total. The maximum absolute atomic E-state index is 13.3. The highest BCUT2D eigenvalue weighted by molar-refractivity contribution is 5.96. The number of aryl methyl sites for hydroxylation is 1. The maximum Gasteiger partial charge on any atom is 0.349 e. The normalized spacial score (nSPS) is 16.0. The minimum absolute atomic E-state index is 0.00472. The predicted octanol–water partition coefficient (Wildman–Crippen LogP) is 3.31. The third-order valence-electron chi connectivity index (χ3n) is 5.48. The zero-order valence-corrected chi connectivity index (χ0v) is 15.9. The summed E-state index contributed by atoms with van der Waals surface area (Å²) in [4.78, 5) is 27.5. The molecule has 1 atom stereocenters. The molecular formula is C23H19N3O3. The molecule has 29 heavy (non-hydrogen) atoms. The average Bonchev–Trinajstić information content (AvgIpc) is 3.18. The van der Waals surface area contributed by atoms with Gasteiger partial charge in [0.1, 0.15) is 11.1 Å². The molecule has 0 unspecified atom stereocenters. The van der Waals surface area contributed by atoms with Crippen molar-refractivity contribution < 1.29 is 9.21 Å². The standard InChI is InChI=1S/C23H19N3O3/c1-25-12-17(11-24-25)20-14-26(13-16-7-2-4-8-18(16)20)22(27)19-10-15-6-3-5-9-21(15)29-23(19)28/h2-12,20H,13-14H2,1H3/t20-/m1/s1. The first-order valence-corrected chi connectivity index (χ1v) is 9.48. The molecule has 6 nitrogen and oxygen atoms in total. The lowest BCUT2D eigenvalue weighted by atomic mass is 9.86. The van der Waals surface area contributed by atoms with Crippen LogP contribution in [-0.4, -0.2) is 27.1 Å². The van der Waals surface area contributed by atoms with E-state index in [2.05, 4.69) is 11.2 Å². The molecule has 2 aromatic carbocycles. The van der Waals surface area contributed by atoms with Gasteiger partial charge in [0.25, 0.3) is 5.91 Å². The number of benzene rings is 2. The largest absolute Gasteiger partial charge is 0.422 e. The molecule has 2 aromatic heterocycles. The molecule has 0 aliphatic carbocycles. The Kier molecular flexibility index (Phi) is 4.05. The van der Waals surface area contributed by atoms with Crippen LogP contribution in [0.15, 0.2) is 76.2 Å². The van der Waals surface area contributed by atoms with E-state index in [4.69, 9.17) is 4.42 Å². The van der Waals surface area contributed by atoms with Crippen LogP contribution in [-0.2, 0) is 13.6 Å². The number of carbonyl (C=O) groups excluding carboxylic acids is 1. The van der Waals surface area contributed by atoms with Crippen LogP contribution in [0.1, 0.15) is 33.0 Å². The second-order valence-electron chi connectivity index (χ2n) is 7.37. The molecule has 1 amide bonds. The summed E-state index contributed by atoms with van der Waals surface area (Å²) in [6.45, 7) is 0.936. The van der Waals surface area contributed by atoms with Gasteiger partial charge < -0.3 is 9.32 Å². The van der Waals surface area contributed by atoms with Crippen molar-refractivity contribution in [3.05, 3.63) is 99.7 Å². The molecule has 5 rings (SSSR count). The fourth-order valence-electron chi connectivity index (χ4n) is 4.05. The second-order valence-corrected chi connectivity index (χ2v) is 7.37. The highest BCUT2D eigenvalue weighted by atomic mass is 16.4. The lowest BCUT2D eigenvalue weighted by Crippen LogP contribution is -2.40. The highest BCUT2D eigenvalue weighted by Crippen LogP contribution is 2.33. The van der Waals surface area contributed by atoms with Gasteiger partial charge in [-0.3, -0.25) is 9.48 Å². The lowest BCUT2D eigenvalue weighted by molar-refractivity contribution is 0.0721. The van der Waals surface area contributed by atoms with Crippen molar-refractivity contribution in [3.8, 4) is 0 Å². The number of amides is 1. The molecule has 1 aliphatic rings. The van der Waals surface area contributed by atoms with Crippen LogP contribution in [0.2, 0.25) is 0 Å². The summed E-state index contributed by atoms with van der Waals surface area (Å²) in [5.74, 6) is -0.307. The fraction of sp³-hybridized carbons (Fsp3) is 0.174. The van der Waals surface area contributed by atoms with E-state index in [1.54, 1.807) is 27.8 Å². The summed E-state index contributed by atoms with van der Waals surface area (Å²) in [6.07, 6.45) is 3.81. The second kappa shape index (κ2) is 6.74. The molecule has 144 valence electrons. The predicted molar refractivity (Wildman–Crippen MR) is 109 cm³/mol. The molecule has 1 aliphatic heterocycles. The number of aromatic nitrogens is 2. The van der Waals surface area contributed by atoms with Crippen LogP contribution < -0.4 is 5.63 Å².